The monoisotopic (exact) mass is 289 g/mol. The lowest BCUT2D eigenvalue weighted by atomic mass is 9.80. The minimum Gasteiger partial charge on any atom is -0.396 e. The first-order chi connectivity index (χ1) is 10.2. The van der Waals surface area contributed by atoms with Gasteiger partial charge in [0.05, 0.1) is 5.69 Å². The normalized spacial score (nSPS) is 22.4. The van der Waals surface area contributed by atoms with E-state index in [4.69, 9.17) is 10.3 Å². The number of rotatable bonds is 3. The summed E-state index contributed by atoms with van der Waals surface area (Å²) in [4.78, 5) is 4.46. The summed E-state index contributed by atoms with van der Waals surface area (Å²) in [5.74, 6) is 1.76. The molecule has 5 heteroatoms. The second-order valence-corrected chi connectivity index (χ2v) is 5.83. The van der Waals surface area contributed by atoms with Gasteiger partial charge in [-0.1, -0.05) is 31.3 Å². The van der Waals surface area contributed by atoms with Crippen LogP contribution < -0.4 is 5.73 Å². The number of aromatic nitrogens is 2. The molecule has 2 unspecified atom stereocenters. The summed E-state index contributed by atoms with van der Waals surface area (Å²) in [6, 6.07) is 4.55. The van der Waals surface area contributed by atoms with Gasteiger partial charge in [0.25, 0.3) is 5.89 Å². The summed E-state index contributed by atoms with van der Waals surface area (Å²) < 4.78 is 18.8. The Morgan fingerprint density at radius 1 is 1.38 bits per heavy atom. The third-order valence-corrected chi connectivity index (χ3v) is 4.41. The Balaban J connectivity index is 1.81. The topological polar surface area (TPSA) is 64.9 Å². The molecule has 2 atom stereocenters. The summed E-state index contributed by atoms with van der Waals surface area (Å²) in [5, 5.41) is 4.10. The SMILES string of the molecule is CCC1CCCC(c2noc(-c3ccc(N)c(F)c3)n2)C1. The average molecular weight is 289 g/mol. The quantitative estimate of drug-likeness (QED) is 0.862. The van der Waals surface area contributed by atoms with Gasteiger partial charge in [-0.15, -0.1) is 0 Å². The molecule has 4 nitrogen and oxygen atoms in total. The Labute approximate surface area is 123 Å². The number of anilines is 1. The first-order valence-corrected chi connectivity index (χ1v) is 7.56. The summed E-state index contributed by atoms with van der Waals surface area (Å²) in [7, 11) is 0. The van der Waals surface area contributed by atoms with Gasteiger partial charge in [0.15, 0.2) is 5.82 Å². The van der Waals surface area contributed by atoms with E-state index in [1.54, 1.807) is 6.07 Å². The van der Waals surface area contributed by atoms with E-state index in [0.717, 1.165) is 24.6 Å². The van der Waals surface area contributed by atoms with Crippen molar-refractivity contribution in [3.8, 4) is 11.5 Å². The molecule has 1 heterocycles. The van der Waals surface area contributed by atoms with E-state index in [2.05, 4.69) is 17.1 Å². The van der Waals surface area contributed by atoms with Crippen molar-refractivity contribution in [2.75, 3.05) is 5.73 Å². The van der Waals surface area contributed by atoms with Crippen molar-refractivity contribution < 1.29 is 8.91 Å². The van der Waals surface area contributed by atoms with Gasteiger partial charge < -0.3 is 10.3 Å². The van der Waals surface area contributed by atoms with Crippen LogP contribution in [0.3, 0.4) is 0 Å². The standard InChI is InChI=1S/C16H20FN3O/c1-2-10-4-3-5-11(8-10)15-19-16(21-20-15)12-6-7-14(18)13(17)9-12/h6-7,9-11H,2-5,8,18H2,1H3. The van der Waals surface area contributed by atoms with Gasteiger partial charge in [0.2, 0.25) is 0 Å². The van der Waals surface area contributed by atoms with Crippen LogP contribution in [0.1, 0.15) is 50.8 Å². The third kappa shape index (κ3) is 2.91. The minimum absolute atomic E-state index is 0.122. The molecule has 0 aliphatic heterocycles. The van der Waals surface area contributed by atoms with Crippen LogP contribution in [-0.4, -0.2) is 10.1 Å². The molecule has 0 saturated heterocycles. The van der Waals surface area contributed by atoms with Gasteiger partial charge in [-0.2, -0.15) is 4.98 Å². The maximum atomic E-state index is 13.5. The molecule has 1 fully saturated rings. The molecule has 1 saturated carbocycles. The molecule has 3 rings (SSSR count). The number of benzene rings is 1. The maximum Gasteiger partial charge on any atom is 0.258 e. The Hall–Kier alpha value is -1.91. The summed E-state index contributed by atoms with van der Waals surface area (Å²) >= 11 is 0. The van der Waals surface area contributed by atoms with Gasteiger partial charge >= 0.3 is 0 Å². The van der Waals surface area contributed by atoms with E-state index in [1.165, 1.54) is 31.4 Å². The van der Waals surface area contributed by atoms with Crippen molar-refractivity contribution in [2.45, 2.75) is 44.9 Å². The molecular formula is C16H20FN3O. The van der Waals surface area contributed by atoms with Gasteiger partial charge in [-0.25, -0.2) is 4.39 Å². The predicted octanol–water partition coefficient (Wildman–Crippen LogP) is 4.14. The fourth-order valence-electron chi connectivity index (χ4n) is 3.07. The van der Waals surface area contributed by atoms with E-state index >= 15 is 0 Å². The van der Waals surface area contributed by atoms with Crippen LogP contribution in [0.25, 0.3) is 11.5 Å². The number of hydrogen-bond acceptors (Lipinski definition) is 4. The van der Waals surface area contributed by atoms with Crippen LogP contribution in [0.15, 0.2) is 22.7 Å². The molecule has 0 spiro atoms. The van der Waals surface area contributed by atoms with Crippen molar-refractivity contribution in [3.63, 3.8) is 0 Å². The lowest BCUT2D eigenvalue weighted by Crippen LogP contribution is -2.14. The van der Waals surface area contributed by atoms with Crippen LogP contribution in [0.5, 0.6) is 0 Å². The predicted molar refractivity (Wildman–Crippen MR) is 79.1 cm³/mol. The lowest BCUT2D eigenvalue weighted by Gasteiger charge is -2.26. The van der Waals surface area contributed by atoms with Crippen molar-refractivity contribution in [3.05, 3.63) is 29.8 Å². The largest absolute Gasteiger partial charge is 0.396 e. The Kier molecular flexibility index (Phi) is 3.90. The maximum absolute atomic E-state index is 13.5. The molecule has 1 aliphatic carbocycles. The second kappa shape index (κ2) is 5.84. The van der Waals surface area contributed by atoms with E-state index in [1.807, 2.05) is 0 Å². The molecule has 0 bridgehead atoms. The Bertz CT molecular complexity index is 626. The second-order valence-electron chi connectivity index (χ2n) is 5.83. The third-order valence-electron chi connectivity index (χ3n) is 4.41. The van der Waals surface area contributed by atoms with Crippen LogP contribution in [0, 0.1) is 11.7 Å². The highest BCUT2D eigenvalue weighted by Gasteiger charge is 2.26. The molecule has 1 aromatic heterocycles. The lowest BCUT2D eigenvalue weighted by molar-refractivity contribution is 0.300. The van der Waals surface area contributed by atoms with E-state index in [9.17, 15) is 4.39 Å². The molecule has 1 aromatic carbocycles. The number of nitrogens with two attached hydrogens (primary N) is 1. The number of nitrogen functional groups attached to an aromatic ring is 1. The van der Waals surface area contributed by atoms with Crippen LogP contribution in [-0.2, 0) is 0 Å². The van der Waals surface area contributed by atoms with E-state index in [-0.39, 0.29) is 5.69 Å². The number of hydrogen-bond donors (Lipinski definition) is 1. The summed E-state index contributed by atoms with van der Waals surface area (Å²) in [5.41, 5.74) is 6.17. The zero-order valence-corrected chi connectivity index (χ0v) is 12.2. The van der Waals surface area contributed by atoms with Gasteiger partial charge in [-0.05, 0) is 37.0 Å². The zero-order valence-electron chi connectivity index (χ0n) is 12.2. The van der Waals surface area contributed by atoms with Crippen LogP contribution >= 0.6 is 0 Å². The van der Waals surface area contributed by atoms with Crippen molar-refractivity contribution in [1.29, 1.82) is 0 Å². The fourth-order valence-corrected chi connectivity index (χ4v) is 3.07. The highest BCUT2D eigenvalue weighted by molar-refractivity contribution is 5.57. The molecule has 2 aromatic rings. The van der Waals surface area contributed by atoms with Crippen molar-refractivity contribution in [1.82, 2.24) is 10.1 Å². The smallest absolute Gasteiger partial charge is 0.258 e. The van der Waals surface area contributed by atoms with Gasteiger partial charge in [-0.3, -0.25) is 0 Å². The summed E-state index contributed by atoms with van der Waals surface area (Å²) in [6.07, 6.45) is 5.92. The molecule has 0 radical (unpaired) electrons. The summed E-state index contributed by atoms with van der Waals surface area (Å²) in [6.45, 7) is 2.23. The zero-order chi connectivity index (χ0) is 14.8. The molecule has 2 N–H and O–H groups in total. The first kappa shape index (κ1) is 14.0. The highest BCUT2D eigenvalue weighted by atomic mass is 19.1. The van der Waals surface area contributed by atoms with E-state index in [0.29, 0.717) is 17.4 Å². The molecule has 112 valence electrons. The molecule has 0 amide bonds. The highest BCUT2D eigenvalue weighted by Crippen LogP contribution is 2.36. The van der Waals surface area contributed by atoms with Gasteiger partial charge in [0, 0.05) is 11.5 Å². The fraction of sp³-hybridized carbons (Fsp3) is 0.500. The minimum atomic E-state index is -0.462. The Morgan fingerprint density at radius 3 is 3.00 bits per heavy atom. The van der Waals surface area contributed by atoms with Crippen LogP contribution in [0.4, 0.5) is 10.1 Å². The van der Waals surface area contributed by atoms with Gasteiger partial charge in [0.1, 0.15) is 5.82 Å². The van der Waals surface area contributed by atoms with E-state index < -0.39 is 5.82 Å². The Morgan fingerprint density at radius 2 is 2.24 bits per heavy atom. The number of nitrogens with zero attached hydrogens (tertiary/aromatic N) is 2. The molecule has 21 heavy (non-hydrogen) atoms. The molecule has 1 aliphatic rings. The average Bonchev–Trinajstić information content (AvgIpc) is 3.00. The van der Waals surface area contributed by atoms with Crippen LogP contribution in [0.2, 0.25) is 0 Å². The van der Waals surface area contributed by atoms with Crippen molar-refractivity contribution >= 4 is 5.69 Å². The number of halogens is 1. The van der Waals surface area contributed by atoms with Crippen molar-refractivity contribution in [2.24, 2.45) is 5.92 Å². The molecular weight excluding hydrogens is 269 g/mol. The first-order valence-electron chi connectivity index (χ1n) is 7.56.